The Balaban J connectivity index is 2.90. The molecule has 1 rings (SSSR count). The quantitative estimate of drug-likeness (QED) is 0.613. The number of carbonyl (C=O) groups is 2. The fraction of sp³-hybridized carbons (Fsp3) is 0.385. The van der Waals surface area contributed by atoms with E-state index in [1.165, 1.54) is 39.2 Å². The minimum atomic E-state index is -3.75. The second kappa shape index (κ2) is 7.76. The van der Waals surface area contributed by atoms with Gasteiger partial charge in [0.15, 0.2) is 0 Å². The molecule has 0 heterocycles. The van der Waals surface area contributed by atoms with E-state index in [0.717, 1.165) is 0 Å². The molecule has 0 radical (unpaired) electrons. The van der Waals surface area contributed by atoms with Gasteiger partial charge in [0.25, 0.3) is 0 Å². The molecule has 0 unspecified atom stereocenters. The molecule has 9 heteroatoms. The lowest BCUT2D eigenvalue weighted by Gasteiger charge is -2.12. The summed E-state index contributed by atoms with van der Waals surface area (Å²) in [6.07, 6.45) is 0. The van der Waals surface area contributed by atoms with Crippen molar-refractivity contribution < 1.29 is 22.7 Å². The van der Waals surface area contributed by atoms with E-state index in [1.807, 2.05) is 0 Å². The van der Waals surface area contributed by atoms with E-state index in [-0.39, 0.29) is 35.5 Å². The van der Waals surface area contributed by atoms with Gasteiger partial charge in [-0.15, -0.1) is 0 Å². The molecular weight excluding hydrogens is 310 g/mol. The number of nitrogens with one attached hydrogen (secondary N) is 3. The van der Waals surface area contributed by atoms with E-state index in [2.05, 4.69) is 15.4 Å². The Kier molecular flexibility index (Phi) is 6.32. The second-order valence-corrected chi connectivity index (χ2v) is 6.19. The first-order valence-electron chi connectivity index (χ1n) is 6.46. The Hall–Kier alpha value is -2.13. The van der Waals surface area contributed by atoms with Crippen molar-refractivity contribution in [2.75, 3.05) is 25.5 Å². The molecule has 0 saturated carbocycles. The summed E-state index contributed by atoms with van der Waals surface area (Å²) in [5, 5.41) is 4.99. The fourth-order valence-corrected chi connectivity index (χ4v) is 2.71. The van der Waals surface area contributed by atoms with Gasteiger partial charge in [-0.3, -0.25) is 9.59 Å². The first kappa shape index (κ1) is 17.9. The summed E-state index contributed by atoms with van der Waals surface area (Å²) >= 11 is 0. The van der Waals surface area contributed by atoms with E-state index in [1.54, 1.807) is 0 Å². The summed E-state index contributed by atoms with van der Waals surface area (Å²) < 4.78 is 31.7. The lowest BCUT2D eigenvalue weighted by atomic mass is 10.3. The standard InChI is InChI=1S/C13H19N3O5S/c1-9(17)14-6-7-15-22(19,20)11-4-5-13(21-3)12(8-11)16-10(2)18/h4-5,8,15H,6-7H2,1-3H3,(H,14,17)(H,16,18). The van der Waals surface area contributed by atoms with Crippen LogP contribution >= 0.6 is 0 Å². The first-order valence-corrected chi connectivity index (χ1v) is 7.94. The van der Waals surface area contributed by atoms with Gasteiger partial charge < -0.3 is 15.4 Å². The van der Waals surface area contributed by atoms with E-state index >= 15 is 0 Å². The van der Waals surface area contributed by atoms with Crippen LogP contribution in [0.4, 0.5) is 5.69 Å². The summed E-state index contributed by atoms with van der Waals surface area (Å²) in [5.74, 6) is -0.226. The minimum Gasteiger partial charge on any atom is -0.495 e. The summed E-state index contributed by atoms with van der Waals surface area (Å²) in [7, 11) is -2.33. The lowest BCUT2D eigenvalue weighted by Crippen LogP contribution is -2.33. The molecule has 0 saturated heterocycles. The van der Waals surface area contributed by atoms with E-state index < -0.39 is 10.0 Å². The van der Waals surface area contributed by atoms with Crippen LogP contribution in [0.3, 0.4) is 0 Å². The smallest absolute Gasteiger partial charge is 0.240 e. The van der Waals surface area contributed by atoms with Crippen molar-refractivity contribution in [3.8, 4) is 5.75 Å². The molecule has 1 aromatic carbocycles. The van der Waals surface area contributed by atoms with Gasteiger partial charge in [0.1, 0.15) is 5.75 Å². The van der Waals surface area contributed by atoms with E-state index in [4.69, 9.17) is 4.74 Å². The van der Waals surface area contributed by atoms with Crippen molar-refractivity contribution in [3.63, 3.8) is 0 Å². The average molecular weight is 329 g/mol. The normalized spacial score (nSPS) is 10.9. The maximum atomic E-state index is 12.1. The number of anilines is 1. The first-order chi connectivity index (χ1) is 10.3. The van der Waals surface area contributed by atoms with Crippen LogP contribution in [0.2, 0.25) is 0 Å². The van der Waals surface area contributed by atoms with Crippen LogP contribution in [-0.2, 0) is 19.6 Å². The fourth-order valence-electron chi connectivity index (χ4n) is 1.65. The molecule has 22 heavy (non-hydrogen) atoms. The number of amides is 2. The van der Waals surface area contributed by atoms with Gasteiger partial charge in [0, 0.05) is 26.9 Å². The number of hydrogen-bond acceptors (Lipinski definition) is 5. The van der Waals surface area contributed by atoms with Crippen LogP contribution in [0.25, 0.3) is 0 Å². The monoisotopic (exact) mass is 329 g/mol. The van der Waals surface area contributed by atoms with Gasteiger partial charge >= 0.3 is 0 Å². The zero-order valence-electron chi connectivity index (χ0n) is 12.6. The van der Waals surface area contributed by atoms with E-state index in [9.17, 15) is 18.0 Å². The highest BCUT2D eigenvalue weighted by molar-refractivity contribution is 7.89. The van der Waals surface area contributed by atoms with Crippen LogP contribution in [0.5, 0.6) is 5.75 Å². The van der Waals surface area contributed by atoms with Crippen molar-refractivity contribution in [1.82, 2.24) is 10.0 Å². The largest absolute Gasteiger partial charge is 0.495 e. The third kappa shape index (κ3) is 5.34. The lowest BCUT2D eigenvalue weighted by molar-refractivity contribution is -0.119. The highest BCUT2D eigenvalue weighted by Crippen LogP contribution is 2.27. The van der Waals surface area contributed by atoms with Crippen LogP contribution < -0.4 is 20.1 Å². The van der Waals surface area contributed by atoms with Gasteiger partial charge in [0.05, 0.1) is 17.7 Å². The predicted octanol–water partition coefficient (Wildman–Crippen LogP) is 0.0680. The molecule has 0 aliphatic heterocycles. The summed E-state index contributed by atoms with van der Waals surface area (Å²) in [4.78, 5) is 21.8. The molecule has 0 bridgehead atoms. The Morgan fingerprint density at radius 2 is 1.82 bits per heavy atom. The Morgan fingerprint density at radius 3 is 2.36 bits per heavy atom. The number of benzene rings is 1. The summed E-state index contributed by atoms with van der Waals surface area (Å²) in [6, 6.07) is 4.12. The molecule has 0 fully saturated rings. The van der Waals surface area contributed by atoms with Crippen molar-refractivity contribution in [2.45, 2.75) is 18.7 Å². The van der Waals surface area contributed by atoms with Crippen molar-refractivity contribution in [1.29, 1.82) is 0 Å². The molecule has 0 spiro atoms. The SMILES string of the molecule is COc1ccc(S(=O)(=O)NCCNC(C)=O)cc1NC(C)=O. The highest BCUT2D eigenvalue weighted by Gasteiger charge is 2.16. The highest BCUT2D eigenvalue weighted by atomic mass is 32.2. The third-order valence-electron chi connectivity index (χ3n) is 2.58. The van der Waals surface area contributed by atoms with E-state index in [0.29, 0.717) is 5.75 Å². The molecule has 122 valence electrons. The molecular formula is C13H19N3O5S. The van der Waals surface area contributed by atoms with Crippen LogP contribution in [0.1, 0.15) is 13.8 Å². The number of carbonyl (C=O) groups excluding carboxylic acids is 2. The number of sulfonamides is 1. The van der Waals surface area contributed by atoms with Crippen molar-refractivity contribution >= 4 is 27.5 Å². The molecule has 0 aliphatic rings. The predicted molar refractivity (Wildman–Crippen MR) is 81.2 cm³/mol. The Morgan fingerprint density at radius 1 is 1.14 bits per heavy atom. The molecule has 2 amide bonds. The van der Waals surface area contributed by atoms with Crippen molar-refractivity contribution in [2.24, 2.45) is 0 Å². The third-order valence-corrected chi connectivity index (χ3v) is 4.04. The molecule has 0 atom stereocenters. The number of rotatable bonds is 7. The number of ether oxygens (including phenoxy) is 1. The topological polar surface area (TPSA) is 114 Å². The average Bonchev–Trinajstić information content (AvgIpc) is 2.42. The van der Waals surface area contributed by atoms with Crippen LogP contribution in [0, 0.1) is 0 Å². The number of methoxy groups -OCH3 is 1. The molecule has 0 aromatic heterocycles. The molecule has 3 N–H and O–H groups in total. The zero-order chi connectivity index (χ0) is 16.8. The van der Waals surface area contributed by atoms with Gasteiger partial charge in [0.2, 0.25) is 21.8 Å². The maximum Gasteiger partial charge on any atom is 0.240 e. The summed E-state index contributed by atoms with van der Waals surface area (Å²) in [6.45, 7) is 2.90. The molecule has 8 nitrogen and oxygen atoms in total. The maximum absolute atomic E-state index is 12.1. The summed E-state index contributed by atoms with van der Waals surface area (Å²) in [5.41, 5.74) is 0.264. The second-order valence-electron chi connectivity index (χ2n) is 4.42. The Labute approximate surface area is 129 Å². The van der Waals surface area contributed by atoms with Crippen molar-refractivity contribution in [3.05, 3.63) is 18.2 Å². The van der Waals surface area contributed by atoms with Gasteiger partial charge in [-0.2, -0.15) is 0 Å². The zero-order valence-corrected chi connectivity index (χ0v) is 13.4. The van der Waals surface area contributed by atoms with Gasteiger partial charge in [-0.05, 0) is 18.2 Å². The molecule has 0 aliphatic carbocycles. The van der Waals surface area contributed by atoms with Crippen LogP contribution in [0.15, 0.2) is 23.1 Å². The van der Waals surface area contributed by atoms with Crippen LogP contribution in [-0.4, -0.2) is 40.4 Å². The molecule has 1 aromatic rings. The Bertz CT molecular complexity index is 658. The van der Waals surface area contributed by atoms with Gasteiger partial charge in [-0.25, -0.2) is 13.1 Å². The number of hydrogen-bond donors (Lipinski definition) is 3. The minimum absolute atomic E-state index is 0.0140. The van der Waals surface area contributed by atoms with Gasteiger partial charge in [-0.1, -0.05) is 0 Å².